The molecule has 144 valence electrons. The van der Waals surface area contributed by atoms with Crippen LogP contribution in [-0.4, -0.2) is 24.6 Å². The molecule has 1 saturated carbocycles. The summed E-state index contributed by atoms with van der Waals surface area (Å²) in [5.74, 6) is -0.259. The van der Waals surface area contributed by atoms with Crippen LogP contribution in [0.1, 0.15) is 75.2 Å². The van der Waals surface area contributed by atoms with Gasteiger partial charge in [-0.3, -0.25) is 4.79 Å². The van der Waals surface area contributed by atoms with Gasteiger partial charge in [-0.25, -0.2) is 4.79 Å². The zero-order chi connectivity index (χ0) is 19.2. The normalized spacial score (nSPS) is 22.4. The summed E-state index contributed by atoms with van der Waals surface area (Å²) in [5.41, 5.74) is 0.935. The summed E-state index contributed by atoms with van der Waals surface area (Å²) >= 11 is 0. The van der Waals surface area contributed by atoms with E-state index in [0.29, 0.717) is 18.6 Å². The van der Waals surface area contributed by atoms with Crippen LogP contribution in [0.2, 0.25) is 0 Å². The van der Waals surface area contributed by atoms with Gasteiger partial charge < -0.3 is 9.47 Å². The first-order valence-electron chi connectivity index (χ1n) is 9.84. The van der Waals surface area contributed by atoms with Gasteiger partial charge in [-0.15, -0.1) is 0 Å². The molecule has 1 fully saturated rings. The fraction of sp³-hybridized carbons (Fsp3) is 0.636. The third-order valence-corrected chi connectivity index (χ3v) is 5.17. The lowest BCUT2D eigenvalue weighted by atomic mass is 9.79. The second kappa shape index (κ2) is 9.20. The number of esters is 2. The first-order chi connectivity index (χ1) is 12.4. The number of ether oxygens (including phenoxy) is 2. The predicted octanol–water partition coefficient (Wildman–Crippen LogP) is 5.08. The van der Waals surface area contributed by atoms with Crippen LogP contribution in [0.25, 0.3) is 0 Å². The first kappa shape index (κ1) is 20.5. The molecule has 2 atom stereocenters. The van der Waals surface area contributed by atoms with E-state index in [4.69, 9.17) is 9.47 Å². The summed E-state index contributed by atoms with van der Waals surface area (Å²) in [6, 6.07) is 7.34. The molecule has 0 amide bonds. The minimum Gasteiger partial charge on any atom is -0.465 e. The highest BCUT2D eigenvalue weighted by molar-refractivity contribution is 5.90. The molecule has 0 saturated heterocycles. The second-order valence-corrected chi connectivity index (χ2v) is 7.90. The number of rotatable bonds is 8. The fourth-order valence-electron chi connectivity index (χ4n) is 3.60. The van der Waals surface area contributed by atoms with E-state index in [2.05, 4.69) is 6.92 Å². The molecule has 4 heteroatoms. The van der Waals surface area contributed by atoms with Gasteiger partial charge in [0, 0.05) is 0 Å². The van der Waals surface area contributed by atoms with E-state index in [0.717, 1.165) is 37.7 Å². The Morgan fingerprint density at radius 1 is 1.23 bits per heavy atom. The fourth-order valence-corrected chi connectivity index (χ4v) is 3.60. The number of hydrogen-bond acceptors (Lipinski definition) is 4. The van der Waals surface area contributed by atoms with Gasteiger partial charge in [-0.05, 0) is 50.7 Å². The Morgan fingerprint density at radius 3 is 2.54 bits per heavy atom. The van der Waals surface area contributed by atoms with Crippen LogP contribution in [0.15, 0.2) is 24.3 Å². The number of aryl methyl sites for hydroxylation is 1. The van der Waals surface area contributed by atoms with Crippen molar-refractivity contribution >= 4 is 11.9 Å². The molecule has 0 aliphatic heterocycles. The molecule has 1 aliphatic carbocycles. The molecule has 0 radical (unpaired) electrons. The van der Waals surface area contributed by atoms with E-state index in [1.807, 2.05) is 32.9 Å². The van der Waals surface area contributed by atoms with E-state index < -0.39 is 11.5 Å². The average Bonchev–Trinajstić information content (AvgIpc) is 3.02. The van der Waals surface area contributed by atoms with Crippen LogP contribution in [0, 0.1) is 18.3 Å². The minimum absolute atomic E-state index is 0.196. The van der Waals surface area contributed by atoms with Crippen LogP contribution in [0.3, 0.4) is 0 Å². The van der Waals surface area contributed by atoms with Crippen molar-refractivity contribution in [2.45, 2.75) is 72.3 Å². The number of benzene rings is 1. The van der Waals surface area contributed by atoms with Gasteiger partial charge in [0.25, 0.3) is 0 Å². The lowest BCUT2D eigenvalue weighted by Crippen LogP contribution is -2.42. The third kappa shape index (κ3) is 4.87. The van der Waals surface area contributed by atoms with Gasteiger partial charge in [0.15, 0.2) is 0 Å². The summed E-state index contributed by atoms with van der Waals surface area (Å²) in [6.07, 6.45) is 4.57. The summed E-state index contributed by atoms with van der Waals surface area (Å²) in [6.45, 7) is 8.54. The summed E-state index contributed by atoms with van der Waals surface area (Å²) < 4.78 is 11.4. The van der Waals surface area contributed by atoms with E-state index in [1.165, 1.54) is 0 Å². The Bertz CT molecular complexity index is 605. The SMILES string of the molecule is CCCCC1(C(=O)OCC(C)C)CCCC1OC(=O)c1ccc(C)cc1. The van der Waals surface area contributed by atoms with Crippen LogP contribution in [0.4, 0.5) is 0 Å². The quantitative estimate of drug-likeness (QED) is 0.607. The smallest absolute Gasteiger partial charge is 0.338 e. The molecule has 1 aromatic rings. The number of hydrogen-bond donors (Lipinski definition) is 0. The molecule has 0 aromatic heterocycles. The molecule has 0 spiro atoms. The molecule has 0 bridgehead atoms. The van der Waals surface area contributed by atoms with E-state index >= 15 is 0 Å². The van der Waals surface area contributed by atoms with Crippen molar-refractivity contribution in [1.82, 2.24) is 0 Å². The second-order valence-electron chi connectivity index (χ2n) is 7.90. The predicted molar refractivity (Wildman–Crippen MR) is 102 cm³/mol. The Balaban J connectivity index is 2.16. The maximum absolute atomic E-state index is 12.9. The number of carbonyl (C=O) groups excluding carboxylic acids is 2. The summed E-state index contributed by atoms with van der Waals surface area (Å²) in [7, 11) is 0. The van der Waals surface area contributed by atoms with Crippen molar-refractivity contribution in [2.75, 3.05) is 6.61 Å². The van der Waals surface area contributed by atoms with Gasteiger partial charge in [-0.1, -0.05) is 51.3 Å². The molecule has 1 aliphatic rings. The molecule has 0 heterocycles. The van der Waals surface area contributed by atoms with Crippen molar-refractivity contribution < 1.29 is 19.1 Å². The van der Waals surface area contributed by atoms with Gasteiger partial charge in [0.1, 0.15) is 11.5 Å². The van der Waals surface area contributed by atoms with Gasteiger partial charge >= 0.3 is 11.9 Å². The van der Waals surface area contributed by atoms with Crippen molar-refractivity contribution in [1.29, 1.82) is 0 Å². The molecular formula is C22H32O4. The third-order valence-electron chi connectivity index (χ3n) is 5.17. The maximum atomic E-state index is 12.9. The molecule has 2 unspecified atom stereocenters. The molecule has 2 rings (SSSR count). The Labute approximate surface area is 157 Å². The lowest BCUT2D eigenvalue weighted by Gasteiger charge is -2.33. The van der Waals surface area contributed by atoms with Crippen LogP contribution < -0.4 is 0 Å². The van der Waals surface area contributed by atoms with Crippen molar-refractivity contribution in [3.8, 4) is 0 Å². The van der Waals surface area contributed by atoms with Crippen LogP contribution >= 0.6 is 0 Å². The monoisotopic (exact) mass is 360 g/mol. The lowest BCUT2D eigenvalue weighted by molar-refractivity contribution is -0.163. The molecule has 26 heavy (non-hydrogen) atoms. The maximum Gasteiger partial charge on any atom is 0.338 e. The topological polar surface area (TPSA) is 52.6 Å². The van der Waals surface area contributed by atoms with Crippen molar-refractivity contribution in [2.24, 2.45) is 11.3 Å². The highest BCUT2D eigenvalue weighted by Gasteiger charge is 2.52. The Kier molecular flexibility index (Phi) is 7.24. The van der Waals surface area contributed by atoms with Crippen molar-refractivity contribution in [3.05, 3.63) is 35.4 Å². The minimum atomic E-state index is -0.689. The highest BCUT2D eigenvalue weighted by atomic mass is 16.6. The highest BCUT2D eigenvalue weighted by Crippen LogP contribution is 2.45. The zero-order valence-electron chi connectivity index (χ0n) is 16.5. The van der Waals surface area contributed by atoms with E-state index in [9.17, 15) is 9.59 Å². The largest absolute Gasteiger partial charge is 0.465 e. The van der Waals surface area contributed by atoms with Gasteiger partial charge in [-0.2, -0.15) is 0 Å². The first-order valence-corrected chi connectivity index (χ1v) is 9.84. The van der Waals surface area contributed by atoms with Gasteiger partial charge in [0.2, 0.25) is 0 Å². The molecular weight excluding hydrogens is 328 g/mol. The molecule has 1 aromatic carbocycles. The molecule has 4 nitrogen and oxygen atoms in total. The Hall–Kier alpha value is -1.84. The van der Waals surface area contributed by atoms with Crippen LogP contribution in [-0.2, 0) is 14.3 Å². The summed E-state index contributed by atoms with van der Waals surface area (Å²) in [4.78, 5) is 25.5. The van der Waals surface area contributed by atoms with E-state index in [1.54, 1.807) is 12.1 Å². The van der Waals surface area contributed by atoms with E-state index in [-0.39, 0.29) is 17.9 Å². The van der Waals surface area contributed by atoms with Crippen molar-refractivity contribution in [3.63, 3.8) is 0 Å². The number of unbranched alkanes of at least 4 members (excludes halogenated alkanes) is 1. The standard InChI is InChI=1S/C22H32O4/c1-5-6-13-22(21(24)25-15-16(2)3)14-7-8-19(22)26-20(23)18-11-9-17(4)10-12-18/h9-12,16,19H,5-8,13-15H2,1-4H3. The van der Waals surface area contributed by atoms with Crippen LogP contribution in [0.5, 0.6) is 0 Å². The molecule has 0 N–H and O–H groups in total. The summed E-state index contributed by atoms with van der Waals surface area (Å²) in [5, 5.41) is 0. The average molecular weight is 360 g/mol. The van der Waals surface area contributed by atoms with Gasteiger partial charge in [0.05, 0.1) is 12.2 Å². The number of carbonyl (C=O) groups is 2. The zero-order valence-corrected chi connectivity index (χ0v) is 16.5. The Morgan fingerprint density at radius 2 is 1.92 bits per heavy atom.